The van der Waals surface area contributed by atoms with Crippen molar-refractivity contribution in [3.05, 3.63) is 124 Å². The van der Waals surface area contributed by atoms with Crippen LogP contribution in [0, 0.1) is 5.82 Å². The quantitative estimate of drug-likeness (QED) is 0.202. The van der Waals surface area contributed by atoms with Gasteiger partial charge in [0.2, 0.25) is 0 Å². The molecule has 3 aromatic carbocycles. The molecule has 9 nitrogen and oxygen atoms in total. The van der Waals surface area contributed by atoms with Crippen molar-refractivity contribution in [2.24, 2.45) is 4.99 Å². The SMILES string of the molecule is CCOC(=O)C1=C(C)N=c2s/c(=C\c3cc(Br)c(OCc4ccc(C(=O)OCC)cc4)c(OC)c3)c(=O)n2[C@H]1c1ccc(F)cc1. The lowest BCUT2D eigenvalue weighted by atomic mass is 9.96. The van der Waals surface area contributed by atoms with Crippen molar-refractivity contribution in [3.8, 4) is 11.5 Å². The zero-order valence-corrected chi connectivity index (χ0v) is 27.9. The Morgan fingerprint density at radius 2 is 1.70 bits per heavy atom. The smallest absolute Gasteiger partial charge is 0.338 e. The Kier molecular flexibility index (Phi) is 10.2. The number of fused-ring (bicyclic) bond motifs is 1. The van der Waals surface area contributed by atoms with Crippen LogP contribution < -0.4 is 24.4 Å². The normalized spacial score (nSPS) is 14.4. The van der Waals surface area contributed by atoms with E-state index in [4.69, 9.17) is 18.9 Å². The molecule has 46 heavy (non-hydrogen) atoms. The van der Waals surface area contributed by atoms with Gasteiger partial charge in [-0.15, -0.1) is 0 Å². The Balaban J connectivity index is 1.49. The van der Waals surface area contributed by atoms with Gasteiger partial charge in [-0.3, -0.25) is 9.36 Å². The number of nitrogens with zero attached hydrogens (tertiary/aromatic N) is 2. The number of hydrogen-bond donors (Lipinski definition) is 0. The van der Waals surface area contributed by atoms with Crippen LogP contribution in [0.2, 0.25) is 0 Å². The molecule has 4 aromatic rings. The maximum absolute atomic E-state index is 13.9. The van der Waals surface area contributed by atoms with E-state index >= 15 is 0 Å². The van der Waals surface area contributed by atoms with Gasteiger partial charge in [0.05, 0.1) is 52.2 Å². The van der Waals surface area contributed by atoms with E-state index in [1.165, 1.54) is 35.1 Å². The number of halogens is 2. The molecule has 1 aromatic heterocycles. The third-order valence-electron chi connectivity index (χ3n) is 7.10. The molecule has 0 N–H and O–H groups in total. The lowest BCUT2D eigenvalue weighted by Crippen LogP contribution is -2.39. The second kappa shape index (κ2) is 14.3. The van der Waals surface area contributed by atoms with Gasteiger partial charge < -0.3 is 18.9 Å². The van der Waals surface area contributed by atoms with Gasteiger partial charge in [0, 0.05) is 0 Å². The molecule has 12 heteroatoms. The van der Waals surface area contributed by atoms with E-state index in [0.717, 1.165) is 5.56 Å². The third-order valence-corrected chi connectivity index (χ3v) is 8.67. The molecule has 0 spiro atoms. The van der Waals surface area contributed by atoms with Crippen LogP contribution in [0.1, 0.15) is 53.9 Å². The minimum atomic E-state index is -0.846. The molecule has 0 saturated heterocycles. The van der Waals surface area contributed by atoms with Gasteiger partial charge in [-0.1, -0.05) is 35.6 Å². The van der Waals surface area contributed by atoms with Crippen molar-refractivity contribution >= 4 is 45.3 Å². The second-order valence-electron chi connectivity index (χ2n) is 10.1. The molecular formula is C34H30BrFN2O7S. The summed E-state index contributed by atoms with van der Waals surface area (Å²) in [5.41, 5.74) is 2.76. The van der Waals surface area contributed by atoms with Crippen molar-refractivity contribution < 1.29 is 32.9 Å². The zero-order chi connectivity index (χ0) is 33.0. The number of carbonyl (C=O) groups is 2. The molecule has 0 amide bonds. The maximum atomic E-state index is 13.9. The molecule has 0 aliphatic carbocycles. The topological polar surface area (TPSA) is 105 Å². The molecule has 0 saturated carbocycles. The largest absolute Gasteiger partial charge is 0.493 e. The average Bonchev–Trinajstić information content (AvgIpc) is 3.34. The van der Waals surface area contributed by atoms with Gasteiger partial charge in [0.25, 0.3) is 5.56 Å². The van der Waals surface area contributed by atoms with Crippen LogP contribution in [0.5, 0.6) is 11.5 Å². The highest BCUT2D eigenvalue weighted by Crippen LogP contribution is 2.37. The number of ether oxygens (including phenoxy) is 4. The highest BCUT2D eigenvalue weighted by Gasteiger charge is 2.33. The van der Waals surface area contributed by atoms with Gasteiger partial charge in [-0.25, -0.2) is 19.0 Å². The Hall–Kier alpha value is -4.55. The predicted octanol–water partition coefficient (Wildman–Crippen LogP) is 5.46. The minimum Gasteiger partial charge on any atom is -0.493 e. The fourth-order valence-corrected chi connectivity index (χ4v) is 6.59. The molecule has 1 aliphatic heterocycles. The summed E-state index contributed by atoms with van der Waals surface area (Å²) in [6.07, 6.45) is 1.71. The van der Waals surface area contributed by atoms with Crippen molar-refractivity contribution in [2.75, 3.05) is 20.3 Å². The second-order valence-corrected chi connectivity index (χ2v) is 12.0. The standard InChI is InChI=1S/C34H30BrFN2O7S/c1-5-43-32(40)23-9-7-20(8-10-23)18-45-30-25(35)15-21(16-26(30)42-4)17-27-31(39)38-29(22-11-13-24(36)14-12-22)28(33(41)44-6-2)19(3)37-34(38)46-27/h7-17,29H,5-6,18H2,1-4H3/b27-17-/t29-/m0/s1. The van der Waals surface area contributed by atoms with E-state index in [2.05, 4.69) is 20.9 Å². The van der Waals surface area contributed by atoms with Crippen LogP contribution >= 0.6 is 27.3 Å². The number of rotatable bonds is 10. The first-order valence-electron chi connectivity index (χ1n) is 14.4. The first kappa shape index (κ1) is 32.8. The Labute approximate surface area is 276 Å². The molecule has 1 atom stereocenters. The van der Waals surface area contributed by atoms with Gasteiger partial charge in [-0.05, 0) is 95.9 Å². The number of allylic oxidation sites excluding steroid dienone is 1. The first-order chi connectivity index (χ1) is 22.1. The van der Waals surface area contributed by atoms with E-state index in [-0.39, 0.29) is 30.3 Å². The third kappa shape index (κ3) is 6.82. The molecule has 0 radical (unpaired) electrons. The van der Waals surface area contributed by atoms with Crippen molar-refractivity contribution in [3.63, 3.8) is 0 Å². The number of methoxy groups -OCH3 is 1. The van der Waals surface area contributed by atoms with Gasteiger partial charge >= 0.3 is 11.9 Å². The maximum Gasteiger partial charge on any atom is 0.338 e. The molecule has 0 fully saturated rings. The first-order valence-corrected chi connectivity index (χ1v) is 16.0. The summed E-state index contributed by atoms with van der Waals surface area (Å²) in [4.78, 5) is 43.9. The summed E-state index contributed by atoms with van der Waals surface area (Å²) in [6.45, 7) is 5.80. The number of aromatic nitrogens is 1. The van der Waals surface area contributed by atoms with Crippen molar-refractivity contribution in [2.45, 2.75) is 33.4 Å². The van der Waals surface area contributed by atoms with Crippen LogP contribution in [-0.2, 0) is 20.9 Å². The van der Waals surface area contributed by atoms with Crippen molar-refractivity contribution in [1.29, 1.82) is 0 Å². The van der Waals surface area contributed by atoms with Gasteiger partial charge in [0.15, 0.2) is 16.3 Å². The van der Waals surface area contributed by atoms with Crippen LogP contribution in [0.15, 0.2) is 86.2 Å². The predicted molar refractivity (Wildman–Crippen MR) is 174 cm³/mol. The number of esters is 2. The lowest BCUT2D eigenvalue weighted by molar-refractivity contribution is -0.139. The summed E-state index contributed by atoms with van der Waals surface area (Å²) >= 11 is 4.74. The van der Waals surface area contributed by atoms with Crippen LogP contribution in [0.4, 0.5) is 4.39 Å². The van der Waals surface area contributed by atoms with E-state index in [9.17, 15) is 18.8 Å². The van der Waals surface area contributed by atoms with E-state index in [1.54, 1.807) is 75.4 Å². The molecule has 238 valence electrons. The molecule has 1 aliphatic rings. The minimum absolute atomic E-state index is 0.147. The van der Waals surface area contributed by atoms with Crippen molar-refractivity contribution in [1.82, 2.24) is 4.57 Å². The summed E-state index contributed by atoms with van der Waals surface area (Å²) in [5, 5.41) is 0. The van der Waals surface area contributed by atoms with E-state index < -0.39 is 17.8 Å². The highest BCUT2D eigenvalue weighted by atomic mass is 79.9. The summed E-state index contributed by atoms with van der Waals surface area (Å²) < 4.78 is 38.3. The van der Waals surface area contributed by atoms with Gasteiger partial charge in [0.1, 0.15) is 12.4 Å². The molecule has 0 unspecified atom stereocenters. The summed E-state index contributed by atoms with van der Waals surface area (Å²) in [7, 11) is 1.52. The number of carbonyl (C=O) groups excluding carboxylic acids is 2. The van der Waals surface area contributed by atoms with Crippen LogP contribution in [0.3, 0.4) is 0 Å². The molecule has 2 heterocycles. The van der Waals surface area contributed by atoms with Gasteiger partial charge in [-0.2, -0.15) is 0 Å². The lowest BCUT2D eigenvalue weighted by Gasteiger charge is -2.24. The van der Waals surface area contributed by atoms with E-state index in [0.29, 0.717) is 54.3 Å². The molecular weight excluding hydrogens is 679 g/mol. The zero-order valence-electron chi connectivity index (χ0n) is 25.5. The summed E-state index contributed by atoms with van der Waals surface area (Å²) in [6, 6.07) is 15.3. The summed E-state index contributed by atoms with van der Waals surface area (Å²) in [5.74, 6) is -0.523. The Morgan fingerprint density at radius 1 is 1.02 bits per heavy atom. The Bertz CT molecular complexity index is 2000. The highest BCUT2D eigenvalue weighted by molar-refractivity contribution is 9.10. The number of hydrogen-bond acceptors (Lipinski definition) is 9. The monoisotopic (exact) mass is 708 g/mol. The molecule has 5 rings (SSSR count). The van der Waals surface area contributed by atoms with Crippen LogP contribution in [0.25, 0.3) is 6.08 Å². The number of benzene rings is 3. The fourth-order valence-electron chi connectivity index (χ4n) is 4.97. The Morgan fingerprint density at radius 3 is 2.35 bits per heavy atom. The molecule has 0 bridgehead atoms. The number of thiazole rings is 1. The van der Waals surface area contributed by atoms with E-state index in [1.807, 2.05) is 0 Å². The van der Waals surface area contributed by atoms with Crippen LogP contribution in [-0.4, -0.2) is 36.8 Å². The average molecular weight is 710 g/mol. The fraction of sp³-hybridized carbons (Fsp3) is 0.235.